The molecule has 5 nitrogen and oxygen atoms in total. The van der Waals surface area contributed by atoms with Gasteiger partial charge in [-0.15, -0.1) is 0 Å². The summed E-state index contributed by atoms with van der Waals surface area (Å²) in [6.45, 7) is 0.809. The van der Waals surface area contributed by atoms with E-state index in [4.69, 9.17) is 11.6 Å². The van der Waals surface area contributed by atoms with Crippen molar-refractivity contribution in [2.24, 2.45) is 17.8 Å². The minimum atomic E-state index is -3.42. The summed E-state index contributed by atoms with van der Waals surface area (Å²) >= 11 is 6.11. The Bertz CT molecular complexity index is 805. The number of rotatable bonds is 5. The summed E-state index contributed by atoms with van der Waals surface area (Å²) in [4.78, 5) is 12.6. The van der Waals surface area contributed by atoms with Crippen LogP contribution in [0.2, 0.25) is 5.02 Å². The van der Waals surface area contributed by atoms with Crippen molar-refractivity contribution in [3.63, 3.8) is 0 Å². The predicted molar refractivity (Wildman–Crippen MR) is 106 cm³/mol. The van der Waals surface area contributed by atoms with E-state index >= 15 is 0 Å². The molecule has 1 heterocycles. The van der Waals surface area contributed by atoms with Crippen LogP contribution in [0.25, 0.3) is 0 Å². The number of hydrogen-bond acceptors (Lipinski definition) is 3. The van der Waals surface area contributed by atoms with Gasteiger partial charge in [0, 0.05) is 30.1 Å². The van der Waals surface area contributed by atoms with Crippen LogP contribution < -0.4 is 5.32 Å². The minimum Gasteiger partial charge on any atom is -0.353 e. The molecular weight excluding hydrogens is 384 g/mol. The molecule has 0 radical (unpaired) electrons. The lowest BCUT2D eigenvalue weighted by molar-refractivity contribution is -0.127. The van der Waals surface area contributed by atoms with E-state index in [1.165, 1.54) is 23.6 Å². The zero-order valence-electron chi connectivity index (χ0n) is 15.4. The van der Waals surface area contributed by atoms with Crippen LogP contribution in [0.15, 0.2) is 24.3 Å². The van der Waals surface area contributed by atoms with Gasteiger partial charge in [-0.05, 0) is 55.6 Å². The van der Waals surface area contributed by atoms with E-state index in [0.29, 0.717) is 48.5 Å². The van der Waals surface area contributed by atoms with E-state index in [0.717, 1.165) is 12.3 Å². The number of fused-ring (bicyclic) bond motifs is 2. The smallest absolute Gasteiger partial charge is 0.223 e. The minimum absolute atomic E-state index is 0.0733. The summed E-state index contributed by atoms with van der Waals surface area (Å²) in [7, 11) is -3.42. The molecule has 148 valence electrons. The standard InChI is InChI=1S/C20H27ClN2O3S/c21-18-4-2-1-3-17(18)13-27(25,26)23-9-7-15(8-10-23)20(24)22-19-12-14-5-6-16(19)11-14/h1-4,14-16,19H,5-13H2,(H,22,24)/t14-,16-,19+/m1/s1. The summed E-state index contributed by atoms with van der Waals surface area (Å²) in [6, 6.07) is 7.38. The molecule has 1 saturated heterocycles. The molecule has 3 atom stereocenters. The zero-order valence-corrected chi connectivity index (χ0v) is 17.0. The molecule has 0 unspecified atom stereocenters. The normalized spacial score (nSPS) is 29.1. The van der Waals surface area contributed by atoms with Crippen molar-refractivity contribution in [1.29, 1.82) is 0 Å². The van der Waals surface area contributed by atoms with E-state index in [2.05, 4.69) is 5.32 Å². The molecule has 3 aliphatic rings. The fourth-order valence-corrected chi connectivity index (χ4v) is 6.90. The highest BCUT2D eigenvalue weighted by atomic mass is 35.5. The molecule has 3 fully saturated rings. The Morgan fingerprint density at radius 2 is 1.85 bits per heavy atom. The SMILES string of the molecule is O=C(N[C@H]1C[C@@H]2CC[C@@H]1C2)C1CCN(S(=O)(=O)Cc2ccccc2Cl)CC1. The lowest BCUT2D eigenvalue weighted by atomic mass is 9.93. The van der Waals surface area contributed by atoms with Crippen LogP contribution in [0, 0.1) is 17.8 Å². The molecule has 7 heteroatoms. The zero-order chi connectivity index (χ0) is 19.0. The fourth-order valence-electron chi connectivity index (χ4n) is 5.02. The van der Waals surface area contributed by atoms with Crippen LogP contribution in [0.5, 0.6) is 0 Å². The average Bonchev–Trinajstić information content (AvgIpc) is 3.27. The number of hydrogen-bond donors (Lipinski definition) is 1. The van der Waals surface area contributed by atoms with Crippen LogP contribution in [0.4, 0.5) is 0 Å². The molecule has 2 bridgehead atoms. The Kier molecular flexibility index (Phi) is 5.50. The number of nitrogens with zero attached hydrogens (tertiary/aromatic N) is 1. The Balaban J connectivity index is 1.30. The summed E-state index contributed by atoms with van der Waals surface area (Å²) in [6.07, 6.45) is 6.14. The van der Waals surface area contributed by atoms with Crippen molar-refractivity contribution in [3.05, 3.63) is 34.9 Å². The fraction of sp³-hybridized carbons (Fsp3) is 0.650. The lowest BCUT2D eigenvalue weighted by Gasteiger charge is -2.32. The Hall–Kier alpha value is -1.11. The summed E-state index contributed by atoms with van der Waals surface area (Å²) in [5.74, 6) is 1.42. The van der Waals surface area contributed by atoms with Gasteiger partial charge in [0.05, 0.1) is 5.75 Å². The Labute approximate surface area is 166 Å². The van der Waals surface area contributed by atoms with E-state index < -0.39 is 10.0 Å². The topological polar surface area (TPSA) is 66.5 Å². The number of piperidine rings is 1. The van der Waals surface area contributed by atoms with Crippen LogP contribution >= 0.6 is 11.6 Å². The van der Waals surface area contributed by atoms with Crippen LogP contribution in [0.1, 0.15) is 44.1 Å². The first-order chi connectivity index (χ1) is 12.9. The number of halogens is 1. The van der Waals surface area contributed by atoms with Gasteiger partial charge in [0.15, 0.2) is 0 Å². The van der Waals surface area contributed by atoms with Crippen molar-refractivity contribution >= 4 is 27.5 Å². The van der Waals surface area contributed by atoms with Crippen molar-refractivity contribution < 1.29 is 13.2 Å². The molecule has 1 aromatic rings. The van der Waals surface area contributed by atoms with Crippen molar-refractivity contribution in [2.45, 2.75) is 50.3 Å². The second kappa shape index (κ2) is 7.72. The van der Waals surface area contributed by atoms with E-state index in [1.807, 2.05) is 0 Å². The lowest BCUT2D eigenvalue weighted by Crippen LogP contribution is -2.46. The molecule has 4 rings (SSSR count). The molecule has 2 saturated carbocycles. The molecule has 1 aliphatic heterocycles. The van der Waals surface area contributed by atoms with Crippen LogP contribution in [0.3, 0.4) is 0 Å². The second-order valence-corrected chi connectivity index (χ2v) is 10.7. The van der Waals surface area contributed by atoms with Gasteiger partial charge in [-0.1, -0.05) is 36.2 Å². The highest BCUT2D eigenvalue weighted by Crippen LogP contribution is 2.44. The number of amides is 1. The third-order valence-electron chi connectivity index (χ3n) is 6.58. The number of benzene rings is 1. The molecule has 1 aromatic carbocycles. The molecule has 1 amide bonds. The van der Waals surface area contributed by atoms with Gasteiger partial charge in [0.25, 0.3) is 0 Å². The maximum atomic E-state index is 12.7. The molecular formula is C20H27ClN2O3S. The highest BCUT2D eigenvalue weighted by molar-refractivity contribution is 7.88. The van der Waals surface area contributed by atoms with Crippen LogP contribution in [-0.2, 0) is 20.6 Å². The summed E-state index contributed by atoms with van der Waals surface area (Å²) < 4.78 is 26.9. The first-order valence-corrected chi connectivity index (χ1v) is 11.9. The monoisotopic (exact) mass is 410 g/mol. The third-order valence-corrected chi connectivity index (χ3v) is 8.78. The van der Waals surface area contributed by atoms with E-state index in [-0.39, 0.29) is 17.6 Å². The quantitative estimate of drug-likeness (QED) is 0.810. The number of sulfonamides is 1. The molecule has 27 heavy (non-hydrogen) atoms. The second-order valence-electron chi connectivity index (χ2n) is 8.31. The molecule has 0 spiro atoms. The predicted octanol–water partition coefficient (Wildman–Crippen LogP) is 3.19. The van der Waals surface area contributed by atoms with Crippen LogP contribution in [-0.4, -0.2) is 37.8 Å². The maximum Gasteiger partial charge on any atom is 0.223 e. The number of carbonyl (C=O) groups is 1. The van der Waals surface area contributed by atoms with Crippen molar-refractivity contribution in [2.75, 3.05) is 13.1 Å². The number of nitrogens with one attached hydrogen (secondary N) is 1. The number of carbonyl (C=O) groups excluding carboxylic acids is 1. The molecule has 1 N–H and O–H groups in total. The third kappa shape index (κ3) is 4.17. The van der Waals surface area contributed by atoms with Crippen molar-refractivity contribution in [1.82, 2.24) is 9.62 Å². The Morgan fingerprint density at radius 3 is 2.48 bits per heavy atom. The van der Waals surface area contributed by atoms with Gasteiger partial charge in [-0.25, -0.2) is 12.7 Å². The molecule has 2 aliphatic carbocycles. The van der Waals surface area contributed by atoms with Gasteiger partial charge in [-0.3, -0.25) is 4.79 Å². The Morgan fingerprint density at radius 1 is 1.11 bits per heavy atom. The summed E-state index contributed by atoms with van der Waals surface area (Å²) in [5, 5.41) is 3.73. The largest absolute Gasteiger partial charge is 0.353 e. The average molecular weight is 411 g/mol. The maximum absolute atomic E-state index is 12.7. The van der Waals surface area contributed by atoms with Gasteiger partial charge in [0.2, 0.25) is 15.9 Å². The van der Waals surface area contributed by atoms with Crippen molar-refractivity contribution in [3.8, 4) is 0 Å². The van der Waals surface area contributed by atoms with E-state index in [1.54, 1.807) is 24.3 Å². The van der Waals surface area contributed by atoms with Gasteiger partial charge in [0.1, 0.15) is 0 Å². The highest BCUT2D eigenvalue weighted by Gasteiger charge is 2.41. The van der Waals surface area contributed by atoms with Gasteiger partial charge in [-0.2, -0.15) is 0 Å². The first kappa shape index (κ1) is 19.2. The summed E-state index contributed by atoms with van der Waals surface area (Å²) in [5.41, 5.74) is 0.621. The van der Waals surface area contributed by atoms with Gasteiger partial charge < -0.3 is 5.32 Å². The van der Waals surface area contributed by atoms with Gasteiger partial charge >= 0.3 is 0 Å². The molecule has 0 aromatic heterocycles. The first-order valence-electron chi connectivity index (χ1n) is 9.94. The van der Waals surface area contributed by atoms with E-state index in [9.17, 15) is 13.2 Å².